The molecule has 0 fully saturated rings. The van der Waals surface area contributed by atoms with Gasteiger partial charge in [0, 0.05) is 11.9 Å². The minimum Gasteiger partial charge on any atom is -0.293 e. The van der Waals surface area contributed by atoms with E-state index in [0.717, 1.165) is 0 Å². The molecule has 86 valence electrons. The van der Waals surface area contributed by atoms with E-state index in [1.807, 2.05) is 0 Å². The minimum atomic E-state index is -0.569. The van der Waals surface area contributed by atoms with Crippen molar-refractivity contribution in [3.05, 3.63) is 39.4 Å². The maximum atomic E-state index is 11.7. The van der Waals surface area contributed by atoms with Crippen molar-refractivity contribution in [2.75, 3.05) is 0 Å². The molecule has 1 unspecified atom stereocenters. The Bertz CT molecular complexity index is 434. The molecule has 16 heavy (non-hydrogen) atoms. The predicted octanol–water partition coefficient (Wildman–Crippen LogP) is 3.30. The van der Waals surface area contributed by atoms with Crippen molar-refractivity contribution < 1.29 is 9.72 Å². The maximum absolute atomic E-state index is 11.7. The van der Waals surface area contributed by atoms with E-state index in [2.05, 4.69) is 15.9 Å². The number of hydrogen-bond acceptors (Lipinski definition) is 3. The van der Waals surface area contributed by atoms with Crippen LogP contribution in [-0.4, -0.2) is 15.5 Å². The van der Waals surface area contributed by atoms with Crippen LogP contribution in [0.2, 0.25) is 0 Å². The van der Waals surface area contributed by atoms with Gasteiger partial charge in [0.25, 0.3) is 5.69 Å². The van der Waals surface area contributed by atoms with Gasteiger partial charge in [0.15, 0.2) is 5.78 Å². The lowest BCUT2D eigenvalue weighted by Gasteiger charge is -2.05. The third-order valence-corrected chi connectivity index (χ3v) is 2.76. The summed E-state index contributed by atoms with van der Waals surface area (Å²) in [5, 5.41) is 10.8. The molecule has 0 spiro atoms. The van der Waals surface area contributed by atoms with Gasteiger partial charge in [0.05, 0.1) is 15.3 Å². The first-order chi connectivity index (χ1) is 7.47. The quantitative estimate of drug-likeness (QED) is 0.371. The van der Waals surface area contributed by atoms with E-state index in [1.165, 1.54) is 12.1 Å². The summed E-state index contributed by atoms with van der Waals surface area (Å²) in [6, 6.07) is 4.31. The van der Waals surface area contributed by atoms with Gasteiger partial charge in [-0.15, -0.1) is 11.6 Å². The van der Waals surface area contributed by atoms with Crippen LogP contribution in [0.5, 0.6) is 0 Å². The number of Topliss-reactive ketones (excluding diaryl/α,β-unsaturated/α-hetero) is 1. The van der Waals surface area contributed by atoms with Crippen molar-refractivity contribution in [2.45, 2.75) is 17.6 Å². The zero-order valence-corrected chi connectivity index (χ0v) is 10.8. The van der Waals surface area contributed by atoms with Crippen molar-refractivity contribution in [1.29, 1.82) is 0 Å². The molecular formula is C10H9BrClNO3. The van der Waals surface area contributed by atoms with Crippen molar-refractivity contribution in [3.8, 4) is 0 Å². The monoisotopic (exact) mass is 305 g/mol. The number of benzene rings is 1. The van der Waals surface area contributed by atoms with Gasteiger partial charge >= 0.3 is 0 Å². The van der Waals surface area contributed by atoms with Crippen LogP contribution >= 0.6 is 27.5 Å². The lowest BCUT2D eigenvalue weighted by molar-refractivity contribution is -0.385. The number of halogens is 2. The number of rotatable bonds is 4. The smallest absolute Gasteiger partial charge is 0.280 e. The van der Waals surface area contributed by atoms with E-state index in [0.29, 0.717) is 5.56 Å². The van der Waals surface area contributed by atoms with E-state index in [1.54, 1.807) is 13.0 Å². The van der Waals surface area contributed by atoms with Crippen molar-refractivity contribution >= 4 is 39.0 Å². The molecule has 1 rings (SSSR count). The molecule has 0 radical (unpaired) electrons. The molecule has 0 aliphatic carbocycles. The average molecular weight is 307 g/mol. The van der Waals surface area contributed by atoms with Gasteiger partial charge < -0.3 is 0 Å². The highest BCUT2D eigenvalue weighted by molar-refractivity contribution is 9.10. The van der Waals surface area contributed by atoms with Crippen LogP contribution in [0.3, 0.4) is 0 Å². The minimum absolute atomic E-state index is 0.0903. The second-order valence-electron chi connectivity index (χ2n) is 3.22. The topological polar surface area (TPSA) is 60.2 Å². The second kappa shape index (κ2) is 5.41. The number of carbonyl (C=O) groups is 1. The first kappa shape index (κ1) is 13.1. The molecule has 0 aromatic heterocycles. The summed E-state index contributed by atoms with van der Waals surface area (Å²) in [4.78, 5) is 21.5. The van der Waals surface area contributed by atoms with Gasteiger partial charge in [-0.05, 0) is 18.6 Å². The number of ketones is 1. The van der Waals surface area contributed by atoms with Gasteiger partial charge in [-0.2, -0.15) is 0 Å². The molecule has 0 saturated heterocycles. The molecule has 0 aliphatic rings. The summed E-state index contributed by atoms with van der Waals surface area (Å²) < 4.78 is 0. The van der Waals surface area contributed by atoms with Crippen LogP contribution in [0, 0.1) is 10.1 Å². The van der Waals surface area contributed by atoms with Crippen LogP contribution in [0.25, 0.3) is 0 Å². The summed E-state index contributed by atoms with van der Waals surface area (Å²) in [7, 11) is 0. The lowest BCUT2D eigenvalue weighted by Crippen LogP contribution is -2.12. The molecular weight excluding hydrogens is 297 g/mol. The SMILES string of the molecule is CC(Br)C(=O)c1cc(CCl)ccc1[N+](=O)[O-]. The highest BCUT2D eigenvalue weighted by atomic mass is 79.9. The number of nitro benzene ring substituents is 1. The van der Waals surface area contributed by atoms with E-state index in [4.69, 9.17) is 11.6 Å². The molecule has 0 bridgehead atoms. The normalized spacial score (nSPS) is 12.2. The van der Waals surface area contributed by atoms with Crippen LogP contribution in [0.4, 0.5) is 5.69 Å². The fourth-order valence-corrected chi connectivity index (χ4v) is 1.65. The Labute approximate surface area is 106 Å². The zero-order chi connectivity index (χ0) is 12.3. The number of carbonyl (C=O) groups excluding carboxylic acids is 1. The van der Waals surface area contributed by atoms with Crippen LogP contribution in [0.15, 0.2) is 18.2 Å². The van der Waals surface area contributed by atoms with E-state index < -0.39 is 9.75 Å². The van der Waals surface area contributed by atoms with E-state index in [9.17, 15) is 14.9 Å². The Morgan fingerprint density at radius 1 is 1.62 bits per heavy atom. The summed E-state index contributed by atoms with van der Waals surface area (Å²) in [5.41, 5.74) is 0.585. The van der Waals surface area contributed by atoms with Gasteiger partial charge in [-0.25, -0.2) is 0 Å². The Balaban J connectivity index is 3.31. The number of alkyl halides is 2. The fraction of sp³-hybridized carbons (Fsp3) is 0.300. The Kier molecular flexibility index (Phi) is 4.44. The lowest BCUT2D eigenvalue weighted by atomic mass is 10.0. The molecule has 1 aromatic carbocycles. The van der Waals surface area contributed by atoms with Crippen molar-refractivity contribution in [2.24, 2.45) is 0 Å². The Morgan fingerprint density at radius 2 is 2.25 bits per heavy atom. The van der Waals surface area contributed by atoms with Gasteiger partial charge in [0.2, 0.25) is 0 Å². The zero-order valence-electron chi connectivity index (χ0n) is 8.44. The van der Waals surface area contributed by atoms with Crippen molar-refractivity contribution in [3.63, 3.8) is 0 Å². The summed E-state index contributed by atoms with van der Waals surface area (Å²) >= 11 is 8.72. The average Bonchev–Trinajstić information content (AvgIpc) is 2.26. The molecule has 0 N–H and O–H groups in total. The van der Waals surface area contributed by atoms with Crippen LogP contribution in [0.1, 0.15) is 22.8 Å². The first-order valence-corrected chi connectivity index (χ1v) is 5.94. The number of hydrogen-bond donors (Lipinski definition) is 0. The first-order valence-electron chi connectivity index (χ1n) is 4.49. The molecule has 1 atom stereocenters. The molecule has 0 amide bonds. The van der Waals surface area contributed by atoms with Crippen LogP contribution < -0.4 is 0 Å². The third-order valence-electron chi connectivity index (χ3n) is 2.04. The van der Waals surface area contributed by atoms with Gasteiger partial charge in [-0.1, -0.05) is 22.0 Å². The Hall–Kier alpha value is -0.940. The molecule has 1 aromatic rings. The second-order valence-corrected chi connectivity index (χ2v) is 4.86. The molecule has 0 saturated carbocycles. The van der Waals surface area contributed by atoms with Crippen molar-refractivity contribution in [1.82, 2.24) is 0 Å². The highest BCUT2D eigenvalue weighted by Crippen LogP contribution is 2.24. The van der Waals surface area contributed by atoms with Crippen LogP contribution in [-0.2, 0) is 5.88 Å². The molecule has 0 aliphatic heterocycles. The summed E-state index contributed by atoms with van der Waals surface area (Å²) in [5.74, 6) is -0.103. The third kappa shape index (κ3) is 2.80. The van der Waals surface area contributed by atoms with Gasteiger partial charge in [0.1, 0.15) is 0 Å². The highest BCUT2D eigenvalue weighted by Gasteiger charge is 2.23. The van der Waals surface area contributed by atoms with E-state index in [-0.39, 0.29) is 22.9 Å². The largest absolute Gasteiger partial charge is 0.293 e. The predicted molar refractivity (Wildman–Crippen MR) is 65.4 cm³/mol. The molecule has 6 heteroatoms. The molecule has 0 heterocycles. The fourth-order valence-electron chi connectivity index (χ4n) is 1.24. The molecule has 4 nitrogen and oxygen atoms in total. The summed E-state index contributed by atoms with van der Waals surface area (Å²) in [6.07, 6.45) is 0. The van der Waals surface area contributed by atoms with E-state index >= 15 is 0 Å². The number of nitrogens with zero attached hydrogens (tertiary/aromatic N) is 1. The number of nitro groups is 1. The Morgan fingerprint density at radius 3 is 2.69 bits per heavy atom. The van der Waals surface area contributed by atoms with Gasteiger partial charge in [-0.3, -0.25) is 14.9 Å². The summed E-state index contributed by atoms with van der Waals surface area (Å²) in [6.45, 7) is 1.62. The standard InChI is InChI=1S/C10H9BrClNO3/c1-6(11)10(14)8-4-7(5-12)2-3-9(8)13(15)16/h2-4,6H,5H2,1H3. The maximum Gasteiger partial charge on any atom is 0.280 e.